The van der Waals surface area contributed by atoms with Gasteiger partial charge in [-0.2, -0.15) is 0 Å². The molecule has 0 aliphatic carbocycles. The summed E-state index contributed by atoms with van der Waals surface area (Å²) < 4.78 is 5.13. The first kappa shape index (κ1) is 19.5. The van der Waals surface area contributed by atoms with E-state index >= 15 is 0 Å². The molecule has 2 N–H and O–H groups in total. The van der Waals surface area contributed by atoms with Crippen molar-refractivity contribution >= 4 is 12.0 Å². The van der Waals surface area contributed by atoms with Crippen molar-refractivity contribution in [1.82, 2.24) is 4.90 Å². The van der Waals surface area contributed by atoms with Gasteiger partial charge in [-0.15, -0.1) is 0 Å². The third-order valence-corrected chi connectivity index (χ3v) is 4.20. The molecular weight excluding hydrogens is 328 g/mol. The van der Waals surface area contributed by atoms with Crippen LogP contribution in [0.5, 0.6) is 0 Å². The zero-order valence-corrected chi connectivity index (χ0v) is 15.8. The van der Waals surface area contributed by atoms with Gasteiger partial charge in [0.15, 0.2) is 0 Å². The highest BCUT2D eigenvalue weighted by atomic mass is 16.6. The number of ether oxygens (including phenoxy) is 1. The van der Waals surface area contributed by atoms with E-state index in [4.69, 9.17) is 10.5 Å². The Morgan fingerprint density at radius 2 is 1.73 bits per heavy atom. The molecule has 5 nitrogen and oxygen atoms in total. The fourth-order valence-corrected chi connectivity index (χ4v) is 2.80. The van der Waals surface area contributed by atoms with E-state index in [1.807, 2.05) is 62.4 Å². The maximum Gasteiger partial charge on any atom is 0.405 e. The number of rotatable bonds is 6. The number of amides is 2. The van der Waals surface area contributed by atoms with Crippen molar-refractivity contribution < 1.29 is 14.3 Å². The Morgan fingerprint density at radius 1 is 1.08 bits per heavy atom. The van der Waals surface area contributed by atoms with Crippen LogP contribution in [0.1, 0.15) is 36.2 Å². The van der Waals surface area contributed by atoms with E-state index in [0.29, 0.717) is 18.4 Å². The summed E-state index contributed by atoms with van der Waals surface area (Å²) in [6.45, 7) is 3.64. The molecule has 0 spiro atoms. The number of carbonyl (C=O) groups excluding carboxylic acids is 2. The number of carbonyl (C=O) groups is 2. The SMILES string of the molecule is CN(C)C(=O)c1cc(CCC(C)(C)OC(N)=O)ccc1-c1ccccc1. The molecule has 2 aromatic carbocycles. The molecule has 138 valence electrons. The second-order valence-electron chi connectivity index (χ2n) is 7.13. The van der Waals surface area contributed by atoms with Gasteiger partial charge in [0.1, 0.15) is 5.60 Å². The van der Waals surface area contributed by atoms with Crippen LogP contribution >= 0.6 is 0 Å². The summed E-state index contributed by atoms with van der Waals surface area (Å²) in [7, 11) is 3.49. The van der Waals surface area contributed by atoms with E-state index < -0.39 is 11.7 Å². The van der Waals surface area contributed by atoms with Crippen LogP contribution in [0.2, 0.25) is 0 Å². The van der Waals surface area contributed by atoms with E-state index in [1.165, 1.54) is 0 Å². The van der Waals surface area contributed by atoms with Gasteiger partial charge in [0.05, 0.1) is 0 Å². The molecule has 26 heavy (non-hydrogen) atoms. The predicted molar refractivity (Wildman–Crippen MR) is 103 cm³/mol. The van der Waals surface area contributed by atoms with Crippen molar-refractivity contribution in [3.05, 3.63) is 59.7 Å². The fraction of sp³-hybridized carbons (Fsp3) is 0.333. The molecule has 0 saturated heterocycles. The van der Waals surface area contributed by atoms with Crippen molar-refractivity contribution in [2.45, 2.75) is 32.3 Å². The largest absolute Gasteiger partial charge is 0.444 e. The van der Waals surface area contributed by atoms with Crippen LogP contribution in [0.25, 0.3) is 11.1 Å². The van der Waals surface area contributed by atoms with Crippen LogP contribution in [0.4, 0.5) is 4.79 Å². The monoisotopic (exact) mass is 354 g/mol. The van der Waals surface area contributed by atoms with Crippen LogP contribution in [0.3, 0.4) is 0 Å². The molecule has 0 radical (unpaired) electrons. The zero-order valence-electron chi connectivity index (χ0n) is 15.8. The summed E-state index contributed by atoms with van der Waals surface area (Å²) in [5.41, 5.74) is 8.04. The minimum Gasteiger partial charge on any atom is -0.444 e. The summed E-state index contributed by atoms with van der Waals surface area (Å²) in [6.07, 6.45) is 0.497. The van der Waals surface area contributed by atoms with Crippen molar-refractivity contribution in [2.75, 3.05) is 14.1 Å². The maximum atomic E-state index is 12.7. The lowest BCUT2D eigenvalue weighted by atomic mass is 9.93. The smallest absolute Gasteiger partial charge is 0.405 e. The molecule has 0 heterocycles. The quantitative estimate of drug-likeness (QED) is 0.856. The molecule has 0 atom stereocenters. The minimum absolute atomic E-state index is 0.0432. The number of hydrogen-bond acceptors (Lipinski definition) is 3. The summed E-state index contributed by atoms with van der Waals surface area (Å²) in [6, 6.07) is 15.7. The third-order valence-electron chi connectivity index (χ3n) is 4.20. The lowest BCUT2D eigenvalue weighted by molar-refractivity contribution is 0.0394. The van der Waals surface area contributed by atoms with Gasteiger partial charge in [-0.1, -0.05) is 42.5 Å². The van der Waals surface area contributed by atoms with Crippen LogP contribution < -0.4 is 5.73 Å². The Balaban J connectivity index is 2.32. The van der Waals surface area contributed by atoms with Gasteiger partial charge in [-0.3, -0.25) is 4.79 Å². The van der Waals surface area contributed by atoms with Crippen molar-refractivity contribution in [1.29, 1.82) is 0 Å². The van der Waals surface area contributed by atoms with Gasteiger partial charge >= 0.3 is 6.09 Å². The van der Waals surface area contributed by atoms with Crippen LogP contribution in [-0.2, 0) is 11.2 Å². The van der Waals surface area contributed by atoms with Crippen LogP contribution in [0, 0.1) is 0 Å². The molecule has 5 heteroatoms. The lowest BCUT2D eigenvalue weighted by Crippen LogP contribution is -2.31. The van der Waals surface area contributed by atoms with Gasteiger partial charge < -0.3 is 15.4 Å². The maximum absolute atomic E-state index is 12.7. The second kappa shape index (κ2) is 8.04. The third kappa shape index (κ3) is 5.09. The Hall–Kier alpha value is -2.82. The average Bonchev–Trinajstić information content (AvgIpc) is 2.59. The molecule has 0 unspecified atom stereocenters. The van der Waals surface area contributed by atoms with E-state index in [1.54, 1.807) is 19.0 Å². The molecule has 2 rings (SSSR count). The van der Waals surface area contributed by atoms with Gasteiger partial charge in [0.25, 0.3) is 5.91 Å². The molecular formula is C21H26N2O3. The van der Waals surface area contributed by atoms with Gasteiger partial charge in [-0.25, -0.2) is 4.79 Å². The Bertz CT molecular complexity index is 783. The number of primary amides is 1. The minimum atomic E-state index is -0.780. The van der Waals surface area contributed by atoms with Gasteiger partial charge in [-0.05, 0) is 49.4 Å². The normalized spacial score (nSPS) is 11.1. The topological polar surface area (TPSA) is 72.6 Å². The molecule has 0 fully saturated rings. The summed E-state index contributed by atoms with van der Waals surface area (Å²) in [5.74, 6) is -0.0432. The molecule has 2 amide bonds. The van der Waals surface area contributed by atoms with E-state index in [9.17, 15) is 9.59 Å². The average molecular weight is 354 g/mol. The number of nitrogens with zero attached hydrogens (tertiary/aromatic N) is 1. The summed E-state index contributed by atoms with van der Waals surface area (Å²) >= 11 is 0. The molecule has 0 aromatic heterocycles. The molecule has 0 aliphatic heterocycles. The Kier molecular flexibility index (Phi) is 6.03. The first-order valence-corrected chi connectivity index (χ1v) is 8.58. The van der Waals surface area contributed by atoms with Crippen LogP contribution in [-0.4, -0.2) is 36.6 Å². The fourth-order valence-electron chi connectivity index (χ4n) is 2.80. The molecule has 0 saturated carbocycles. The first-order valence-electron chi connectivity index (χ1n) is 8.58. The summed E-state index contributed by atoms with van der Waals surface area (Å²) in [5, 5.41) is 0. The highest BCUT2D eigenvalue weighted by molar-refractivity contribution is 6.00. The summed E-state index contributed by atoms with van der Waals surface area (Å²) in [4.78, 5) is 25.2. The highest BCUT2D eigenvalue weighted by Gasteiger charge is 2.22. The van der Waals surface area contributed by atoms with Crippen molar-refractivity contribution in [3.8, 4) is 11.1 Å². The molecule has 2 aromatic rings. The van der Waals surface area contributed by atoms with E-state index in [2.05, 4.69) is 0 Å². The molecule has 0 aliphatic rings. The number of aryl methyl sites for hydroxylation is 1. The highest BCUT2D eigenvalue weighted by Crippen LogP contribution is 2.27. The number of nitrogens with two attached hydrogens (primary N) is 1. The van der Waals surface area contributed by atoms with Crippen molar-refractivity contribution in [2.24, 2.45) is 5.73 Å². The van der Waals surface area contributed by atoms with Crippen molar-refractivity contribution in [3.63, 3.8) is 0 Å². The zero-order chi connectivity index (χ0) is 19.3. The van der Waals surface area contributed by atoms with Crippen LogP contribution in [0.15, 0.2) is 48.5 Å². The standard InChI is InChI=1S/C21H26N2O3/c1-21(2,26-20(22)25)13-12-15-10-11-17(16-8-6-5-7-9-16)18(14-15)19(24)23(3)4/h5-11,14H,12-13H2,1-4H3,(H2,22,25). The van der Waals surface area contributed by atoms with Gasteiger partial charge in [0.2, 0.25) is 0 Å². The Morgan fingerprint density at radius 3 is 2.31 bits per heavy atom. The lowest BCUT2D eigenvalue weighted by Gasteiger charge is -2.24. The molecule has 0 bridgehead atoms. The first-order chi connectivity index (χ1) is 12.2. The van der Waals surface area contributed by atoms with E-state index in [0.717, 1.165) is 16.7 Å². The Labute approximate surface area is 154 Å². The number of hydrogen-bond donors (Lipinski definition) is 1. The number of benzene rings is 2. The van der Waals surface area contributed by atoms with E-state index in [-0.39, 0.29) is 5.91 Å². The predicted octanol–water partition coefficient (Wildman–Crippen LogP) is 3.86. The second-order valence-corrected chi connectivity index (χ2v) is 7.13. The van der Waals surface area contributed by atoms with Gasteiger partial charge in [0, 0.05) is 19.7 Å².